The van der Waals surface area contributed by atoms with E-state index in [0.717, 1.165) is 37.8 Å². The quantitative estimate of drug-likeness (QED) is 0.836. The highest BCUT2D eigenvalue weighted by atomic mass is 16.2. The van der Waals surface area contributed by atoms with E-state index in [1.165, 1.54) is 32.2 Å². The smallest absolute Gasteiger partial charge is 0.219 e. The Balaban J connectivity index is 1.62. The third-order valence-electron chi connectivity index (χ3n) is 4.77. The van der Waals surface area contributed by atoms with Gasteiger partial charge in [-0.1, -0.05) is 19.8 Å². The lowest BCUT2D eigenvalue weighted by atomic mass is 9.83. The SMILES string of the molecule is CC(=O)N1CCC(NCC2CCC(C)CC2)CC1. The Morgan fingerprint density at radius 1 is 1.11 bits per heavy atom. The van der Waals surface area contributed by atoms with Gasteiger partial charge in [0.15, 0.2) is 0 Å². The molecular formula is C15H28N2O. The Kier molecular flexibility index (Phi) is 5.04. The zero-order valence-corrected chi connectivity index (χ0v) is 12.0. The van der Waals surface area contributed by atoms with Crippen molar-refractivity contribution in [3.63, 3.8) is 0 Å². The number of carbonyl (C=O) groups excluding carboxylic acids is 1. The molecule has 0 atom stereocenters. The predicted molar refractivity (Wildman–Crippen MR) is 74.4 cm³/mol. The molecule has 0 radical (unpaired) electrons. The average molecular weight is 252 g/mol. The number of likely N-dealkylation sites (tertiary alicyclic amines) is 1. The number of nitrogens with zero attached hydrogens (tertiary/aromatic N) is 1. The second kappa shape index (κ2) is 6.55. The number of hydrogen-bond acceptors (Lipinski definition) is 2. The largest absolute Gasteiger partial charge is 0.343 e. The minimum atomic E-state index is 0.231. The van der Waals surface area contributed by atoms with Crippen LogP contribution >= 0.6 is 0 Å². The van der Waals surface area contributed by atoms with Crippen LogP contribution in [-0.4, -0.2) is 36.5 Å². The zero-order chi connectivity index (χ0) is 13.0. The molecule has 1 heterocycles. The first kappa shape index (κ1) is 13.9. The molecule has 0 aromatic heterocycles. The second-order valence-corrected chi connectivity index (χ2v) is 6.31. The summed E-state index contributed by atoms with van der Waals surface area (Å²) in [5.74, 6) is 2.07. The summed E-state index contributed by atoms with van der Waals surface area (Å²) in [6, 6.07) is 0.639. The Hall–Kier alpha value is -0.570. The average Bonchev–Trinajstić information content (AvgIpc) is 2.38. The maximum Gasteiger partial charge on any atom is 0.219 e. The van der Waals surface area contributed by atoms with Crippen LogP contribution in [0.1, 0.15) is 52.4 Å². The van der Waals surface area contributed by atoms with E-state index in [4.69, 9.17) is 0 Å². The number of rotatable bonds is 3. The highest BCUT2D eigenvalue weighted by Crippen LogP contribution is 2.27. The van der Waals surface area contributed by atoms with Crippen LogP contribution in [0, 0.1) is 11.8 Å². The van der Waals surface area contributed by atoms with Crippen molar-refractivity contribution >= 4 is 5.91 Å². The fraction of sp³-hybridized carbons (Fsp3) is 0.933. The molecule has 1 N–H and O–H groups in total. The highest BCUT2D eigenvalue weighted by Gasteiger charge is 2.22. The highest BCUT2D eigenvalue weighted by molar-refractivity contribution is 5.73. The van der Waals surface area contributed by atoms with Crippen LogP contribution in [0.4, 0.5) is 0 Å². The summed E-state index contributed by atoms with van der Waals surface area (Å²) in [4.78, 5) is 13.2. The van der Waals surface area contributed by atoms with Gasteiger partial charge < -0.3 is 10.2 Å². The van der Waals surface area contributed by atoms with E-state index in [0.29, 0.717) is 6.04 Å². The Labute approximate surface area is 111 Å². The Bertz CT molecular complexity index is 264. The number of carbonyl (C=O) groups is 1. The van der Waals surface area contributed by atoms with Crippen LogP contribution in [0.5, 0.6) is 0 Å². The van der Waals surface area contributed by atoms with E-state index in [9.17, 15) is 4.79 Å². The van der Waals surface area contributed by atoms with Gasteiger partial charge in [0, 0.05) is 26.1 Å². The molecule has 1 amide bonds. The van der Waals surface area contributed by atoms with E-state index in [2.05, 4.69) is 12.2 Å². The van der Waals surface area contributed by atoms with Crippen molar-refractivity contribution in [1.29, 1.82) is 0 Å². The van der Waals surface area contributed by atoms with Crippen molar-refractivity contribution in [2.24, 2.45) is 11.8 Å². The molecule has 0 aromatic rings. The maximum absolute atomic E-state index is 11.2. The lowest BCUT2D eigenvalue weighted by Gasteiger charge is -2.33. The van der Waals surface area contributed by atoms with Gasteiger partial charge in [-0.2, -0.15) is 0 Å². The summed E-state index contributed by atoms with van der Waals surface area (Å²) in [7, 11) is 0. The first-order valence-corrected chi connectivity index (χ1v) is 7.64. The summed E-state index contributed by atoms with van der Waals surface area (Å²) in [5.41, 5.74) is 0. The summed E-state index contributed by atoms with van der Waals surface area (Å²) < 4.78 is 0. The predicted octanol–water partition coefficient (Wildman–Crippen LogP) is 2.41. The van der Waals surface area contributed by atoms with Gasteiger partial charge >= 0.3 is 0 Å². The van der Waals surface area contributed by atoms with E-state index < -0.39 is 0 Å². The van der Waals surface area contributed by atoms with E-state index in [1.807, 2.05) is 4.90 Å². The van der Waals surface area contributed by atoms with Crippen molar-refractivity contribution in [1.82, 2.24) is 10.2 Å². The summed E-state index contributed by atoms with van der Waals surface area (Å²) in [6.07, 6.45) is 7.89. The molecular weight excluding hydrogens is 224 g/mol. The van der Waals surface area contributed by atoms with Crippen LogP contribution < -0.4 is 5.32 Å². The van der Waals surface area contributed by atoms with Crippen LogP contribution in [-0.2, 0) is 4.79 Å². The standard InChI is InChI=1S/C15H28N2O/c1-12-3-5-14(6-4-12)11-16-15-7-9-17(10-8-15)13(2)18/h12,14-16H,3-11H2,1-2H3. The second-order valence-electron chi connectivity index (χ2n) is 6.31. The summed E-state index contributed by atoms with van der Waals surface area (Å²) in [5, 5.41) is 3.73. The van der Waals surface area contributed by atoms with Crippen molar-refractivity contribution in [2.45, 2.75) is 58.4 Å². The molecule has 18 heavy (non-hydrogen) atoms. The topological polar surface area (TPSA) is 32.3 Å². The van der Waals surface area contributed by atoms with Gasteiger partial charge in [0.25, 0.3) is 0 Å². The fourth-order valence-corrected chi connectivity index (χ4v) is 3.27. The van der Waals surface area contributed by atoms with Crippen LogP contribution in [0.2, 0.25) is 0 Å². The lowest BCUT2D eigenvalue weighted by Crippen LogP contribution is -2.45. The molecule has 0 spiro atoms. The van der Waals surface area contributed by atoms with E-state index in [-0.39, 0.29) is 5.91 Å². The van der Waals surface area contributed by atoms with E-state index >= 15 is 0 Å². The molecule has 2 aliphatic rings. The summed E-state index contributed by atoms with van der Waals surface area (Å²) in [6.45, 7) is 7.12. The zero-order valence-electron chi connectivity index (χ0n) is 12.0. The van der Waals surface area contributed by atoms with Gasteiger partial charge in [-0.05, 0) is 44.1 Å². The van der Waals surface area contributed by atoms with Gasteiger partial charge in [0.05, 0.1) is 0 Å². The van der Waals surface area contributed by atoms with Gasteiger partial charge in [0.2, 0.25) is 5.91 Å². The molecule has 2 fully saturated rings. The molecule has 1 aliphatic heterocycles. The molecule has 0 bridgehead atoms. The molecule has 1 saturated carbocycles. The van der Waals surface area contributed by atoms with Crippen molar-refractivity contribution in [3.8, 4) is 0 Å². The van der Waals surface area contributed by atoms with E-state index in [1.54, 1.807) is 6.92 Å². The van der Waals surface area contributed by atoms with Crippen LogP contribution in [0.15, 0.2) is 0 Å². The minimum Gasteiger partial charge on any atom is -0.343 e. The Morgan fingerprint density at radius 3 is 2.28 bits per heavy atom. The molecule has 0 unspecified atom stereocenters. The van der Waals surface area contributed by atoms with Gasteiger partial charge in [-0.3, -0.25) is 4.79 Å². The number of amides is 1. The van der Waals surface area contributed by atoms with Crippen LogP contribution in [0.3, 0.4) is 0 Å². The van der Waals surface area contributed by atoms with Gasteiger partial charge in [0.1, 0.15) is 0 Å². The number of hydrogen-bond donors (Lipinski definition) is 1. The Morgan fingerprint density at radius 2 is 1.72 bits per heavy atom. The number of nitrogens with one attached hydrogen (secondary N) is 1. The lowest BCUT2D eigenvalue weighted by molar-refractivity contribution is -0.129. The first-order valence-electron chi connectivity index (χ1n) is 7.64. The summed E-state index contributed by atoms with van der Waals surface area (Å²) >= 11 is 0. The third-order valence-corrected chi connectivity index (χ3v) is 4.77. The molecule has 2 rings (SSSR count). The molecule has 3 nitrogen and oxygen atoms in total. The molecule has 1 saturated heterocycles. The van der Waals surface area contributed by atoms with Crippen molar-refractivity contribution in [2.75, 3.05) is 19.6 Å². The number of piperidine rings is 1. The fourth-order valence-electron chi connectivity index (χ4n) is 3.27. The van der Waals surface area contributed by atoms with Crippen molar-refractivity contribution in [3.05, 3.63) is 0 Å². The normalized spacial score (nSPS) is 30.4. The third kappa shape index (κ3) is 3.98. The molecule has 3 heteroatoms. The monoisotopic (exact) mass is 252 g/mol. The molecule has 104 valence electrons. The maximum atomic E-state index is 11.2. The van der Waals surface area contributed by atoms with Crippen molar-refractivity contribution < 1.29 is 4.79 Å². The van der Waals surface area contributed by atoms with Crippen LogP contribution in [0.25, 0.3) is 0 Å². The molecule has 0 aromatic carbocycles. The van der Waals surface area contributed by atoms with Gasteiger partial charge in [-0.15, -0.1) is 0 Å². The first-order chi connectivity index (χ1) is 8.65. The molecule has 1 aliphatic carbocycles. The van der Waals surface area contributed by atoms with Gasteiger partial charge in [-0.25, -0.2) is 0 Å². The minimum absolute atomic E-state index is 0.231.